The van der Waals surface area contributed by atoms with E-state index in [1.807, 2.05) is 0 Å². The highest BCUT2D eigenvalue weighted by atomic mass is 15.3. The molecule has 0 saturated heterocycles. The SMILES string of the molecule is CCCCCCC(Cc1cc(CC)nn1CC)NN. The second kappa shape index (κ2) is 9.10. The van der Waals surface area contributed by atoms with Crippen molar-refractivity contribution in [3.63, 3.8) is 0 Å². The zero-order valence-electron chi connectivity index (χ0n) is 12.8. The van der Waals surface area contributed by atoms with Crippen molar-refractivity contribution in [1.29, 1.82) is 0 Å². The molecule has 1 heterocycles. The molecule has 1 rings (SSSR count). The minimum atomic E-state index is 0.364. The van der Waals surface area contributed by atoms with Crippen molar-refractivity contribution < 1.29 is 0 Å². The summed E-state index contributed by atoms with van der Waals surface area (Å²) >= 11 is 0. The van der Waals surface area contributed by atoms with E-state index in [9.17, 15) is 0 Å². The lowest BCUT2D eigenvalue weighted by molar-refractivity contribution is 0.448. The van der Waals surface area contributed by atoms with Crippen LogP contribution in [0.15, 0.2) is 6.07 Å². The molecule has 0 amide bonds. The summed E-state index contributed by atoms with van der Waals surface area (Å²) in [5, 5.41) is 4.59. The molecule has 19 heavy (non-hydrogen) atoms. The van der Waals surface area contributed by atoms with Gasteiger partial charge in [0, 0.05) is 24.7 Å². The molecule has 0 spiro atoms. The summed E-state index contributed by atoms with van der Waals surface area (Å²) in [7, 11) is 0. The second-order valence-electron chi connectivity index (χ2n) is 5.21. The molecule has 0 radical (unpaired) electrons. The third kappa shape index (κ3) is 5.33. The lowest BCUT2D eigenvalue weighted by Crippen LogP contribution is -2.37. The van der Waals surface area contributed by atoms with Crippen molar-refractivity contribution in [2.45, 2.75) is 78.3 Å². The van der Waals surface area contributed by atoms with Gasteiger partial charge in [0.05, 0.1) is 5.69 Å². The van der Waals surface area contributed by atoms with Crippen molar-refractivity contribution in [2.24, 2.45) is 5.84 Å². The number of aromatic nitrogens is 2. The van der Waals surface area contributed by atoms with E-state index in [-0.39, 0.29) is 0 Å². The van der Waals surface area contributed by atoms with Crippen LogP contribution in [0.2, 0.25) is 0 Å². The highest BCUT2D eigenvalue weighted by Gasteiger charge is 2.12. The fourth-order valence-electron chi connectivity index (χ4n) is 2.44. The molecule has 4 nitrogen and oxygen atoms in total. The number of hydrazine groups is 1. The number of nitrogens with two attached hydrogens (primary N) is 1. The van der Waals surface area contributed by atoms with E-state index in [1.54, 1.807) is 0 Å². The number of hydrogen-bond donors (Lipinski definition) is 2. The van der Waals surface area contributed by atoms with Gasteiger partial charge in [0.2, 0.25) is 0 Å². The summed E-state index contributed by atoms with van der Waals surface area (Å²) in [6.45, 7) is 7.46. The Morgan fingerprint density at radius 2 is 2.05 bits per heavy atom. The summed E-state index contributed by atoms with van der Waals surface area (Å²) in [4.78, 5) is 0. The Morgan fingerprint density at radius 1 is 1.26 bits per heavy atom. The second-order valence-corrected chi connectivity index (χ2v) is 5.21. The van der Waals surface area contributed by atoms with Gasteiger partial charge in [0.25, 0.3) is 0 Å². The summed E-state index contributed by atoms with van der Waals surface area (Å²) in [5.41, 5.74) is 5.45. The Morgan fingerprint density at radius 3 is 2.63 bits per heavy atom. The van der Waals surface area contributed by atoms with Gasteiger partial charge in [0.15, 0.2) is 0 Å². The molecule has 0 aromatic carbocycles. The molecule has 1 aromatic heterocycles. The van der Waals surface area contributed by atoms with E-state index in [4.69, 9.17) is 5.84 Å². The number of rotatable bonds is 10. The smallest absolute Gasteiger partial charge is 0.0624 e. The van der Waals surface area contributed by atoms with E-state index in [2.05, 4.69) is 42.0 Å². The van der Waals surface area contributed by atoms with Crippen LogP contribution in [-0.4, -0.2) is 15.8 Å². The third-order valence-corrected chi connectivity index (χ3v) is 3.67. The molecular weight excluding hydrogens is 236 g/mol. The summed E-state index contributed by atoms with van der Waals surface area (Å²) in [6, 6.07) is 2.59. The van der Waals surface area contributed by atoms with Crippen LogP contribution in [-0.2, 0) is 19.4 Å². The van der Waals surface area contributed by atoms with Crippen molar-refractivity contribution in [1.82, 2.24) is 15.2 Å². The highest BCUT2D eigenvalue weighted by molar-refractivity contribution is 5.11. The Balaban J connectivity index is 2.52. The standard InChI is InChI=1S/C15H30N4/c1-4-7-8-9-10-14(17-16)12-15-11-13(5-2)18-19(15)6-3/h11,14,17H,4-10,12,16H2,1-3H3. The maximum Gasteiger partial charge on any atom is 0.0624 e. The molecule has 0 aliphatic rings. The van der Waals surface area contributed by atoms with Crippen LogP contribution in [0.5, 0.6) is 0 Å². The minimum absolute atomic E-state index is 0.364. The van der Waals surface area contributed by atoms with E-state index in [0.29, 0.717) is 6.04 Å². The first-order valence-corrected chi connectivity index (χ1v) is 7.76. The maximum absolute atomic E-state index is 5.69. The predicted octanol–water partition coefficient (Wildman–Crippen LogP) is 2.81. The third-order valence-electron chi connectivity index (χ3n) is 3.67. The zero-order chi connectivity index (χ0) is 14.1. The van der Waals surface area contributed by atoms with Gasteiger partial charge in [-0.25, -0.2) is 0 Å². The van der Waals surface area contributed by atoms with Gasteiger partial charge in [0.1, 0.15) is 0 Å². The Bertz CT molecular complexity index is 346. The Hall–Kier alpha value is -0.870. The number of nitrogens with one attached hydrogen (secondary N) is 1. The average Bonchev–Trinajstić information content (AvgIpc) is 2.84. The van der Waals surface area contributed by atoms with E-state index in [1.165, 1.54) is 37.1 Å². The van der Waals surface area contributed by atoms with Crippen molar-refractivity contribution >= 4 is 0 Å². The van der Waals surface area contributed by atoms with Gasteiger partial charge < -0.3 is 0 Å². The highest BCUT2D eigenvalue weighted by Crippen LogP contribution is 2.12. The topological polar surface area (TPSA) is 55.9 Å². The molecule has 4 heteroatoms. The largest absolute Gasteiger partial charge is 0.271 e. The summed E-state index contributed by atoms with van der Waals surface area (Å²) in [6.07, 6.45) is 8.28. The molecule has 1 aromatic rings. The van der Waals surface area contributed by atoms with Crippen molar-refractivity contribution in [3.05, 3.63) is 17.5 Å². The first kappa shape index (κ1) is 16.2. The molecule has 0 aliphatic carbocycles. The summed E-state index contributed by atoms with van der Waals surface area (Å²) < 4.78 is 2.11. The summed E-state index contributed by atoms with van der Waals surface area (Å²) in [5.74, 6) is 5.69. The molecule has 1 atom stereocenters. The molecule has 0 fully saturated rings. The van der Waals surface area contributed by atoms with Crippen LogP contribution < -0.4 is 11.3 Å². The van der Waals surface area contributed by atoms with Gasteiger partial charge in [-0.3, -0.25) is 16.0 Å². The Kier molecular flexibility index (Phi) is 7.75. The van der Waals surface area contributed by atoms with Gasteiger partial charge in [-0.15, -0.1) is 0 Å². The molecule has 1 unspecified atom stereocenters. The fourth-order valence-corrected chi connectivity index (χ4v) is 2.44. The van der Waals surface area contributed by atoms with Crippen molar-refractivity contribution in [2.75, 3.05) is 0 Å². The van der Waals surface area contributed by atoms with Crippen LogP contribution in [0, 0.1) is 0 Å². The van der Waals surface area contributed by atoms with Gasteiger partial charge in [-0.2, -0.15) is 5.10 Å². The number of aryl methyl sites for hydroxylation is 2. The molecule has 0 aliphatic heterocycles. The van der Waals surface area contributed by atoms with Crippen molar-refractivity contribution in [3.8, 4) is 0 Å². The van der Waals surface area contributed by atoms with Crippen LogP contribution in [0.1, 0.15) is 64.3 Å². The zero-order valence-corrected chi connectivity index (χ0v) is 12.8. The lowest BCUT2D eigenvalue weighted by Gasteiger charge is -2.16. The fraction of sp³-hybridized carbons (Fsp3) is 0.800. The molecule has 0 bridgehead atoms. The number of hydrogen-bond acceptors (Lipinski definition) is 3. The number of nitrogens with zero attached hydrogens (tertiary/aromatic N) is 2. The van der Waals surface area contributed by atoms with E-state index < -0.39 is 0 Å². The first-order valence-electron chi connectivity index (χ1n) is 7.76. The average molecular weight is 266 g/mol. The molecule has 110 valence electrons. The van der Waals surface area contributed by atoms with Crippen LogP contribution >= 0.6 is 0 Å². The van der Waals surface area contributed by atoms with Crippen LogP contribution in [0.3, 0.4) is 0 Å². The van der Waals surface area contributed by atoms with Gasteiger partial charge in [-0.05, 0) is 25.8 Å². The Labute approximate surface area is 117 Å². The van der Waals surface area contributed by atoms with Gasteiger partial charge >= 0.3 is 0 Å². The first-order chi connectivity index (χ1) is 9.24. The quantitative estimate of drug-likeness (QED) is 0.389. The van der Waals surface area contributed by atoms with Crippen LogP contribution in [0.25, 0.3) is 0 Å². The van der Waals surface area contributed by atoms with E-state index >= 15 is 0 Å². The molecule has 0 saturated carbocycles. The molecular formula is C15H30N4. The van der Waals surface area contributed by atoms with Crippen LogP contribution in [0.4, 0.5) is 0 Å². The predicted molar refractivity (Wildman–Crippen MR) is 80.9 cm³/mol. The minimum Gasteiger partial charge on any atom is -0.271 e. The lowest BCUT2D eigenvalue weighted by atomic mass is 10.0. The number of unbranched alkanes of at least 4 members (excludes halogenated alkanes) is 3. The maximum atomic E-state index is 5.69. The monoisotopic (exact) mass is 266 g/mol. The molecule has 3 N–H and O–H groups in total. The van der Waals surface area contributed by atoms with E-state index in [0.717, 1.165) is 25.8 Å². The normalized spacial score (nSPS) is 12.8. The van der Waals surface area contributed by atoms with Gasteiger partial charge in [-0.1, -0.05) is 39.5 Å².